The largest absolute Gasteiger partial charge is 0.396 e. The van der Waals surface area contributed by atoms with Crippen molar-refractivity contribution in [3.8, 4) is 0 Å². The third kappa shape index (κ3) is 6.47. The summed E-state index contributed by atoms with van der Waals surface area (Å²) in [6, 6.07) is 0. The van der Waals surface area contributed by atoms with Crippen LogP contribution in [0.3, 0.4) is 0 Å². The van der Waals surface area contributed by atoms with Gasteiger partial charge in [-0.25, -0.2) is 0 Å². The van der Waals surface area contributed by atoms with Crippen LogP contribution in [0.25, 0.3) is 0 Å². The molecule has 4 nitrogen and oxygen atoms in total. The molecule has 0 aromatic heterocycles. The van der Waals surface area contributed by atoms with Gasteiger partial charge in [0.15, 0.2) is 0 Å². The maximum Gasteiger partial charge on any atom is 0.239 e. The second-order valence-electron chi connectivity index (χ2n) is 4.20. The number of carbonyl (C=O) groups is 1. The van der Waals surface area contributed by atoms with E-state index < -0.39 is 5.54 Å². The van der Waals surface area contributed by atoms with Crippen molar-refractivity contribution in [1.82, 2.24) is 10.6 Å². The second-order valence-corrected chi connectivity index (χ2v) is 4.20. The molecule has 0 atom stereocenters. The first kappa shape index (κ1) is 14.4. The van der Waals surface area contributed by atoms with Gasteiger partial charge in [-0.2, -0.15) is 0 Å². The topological polar surface area (TPSA) is 61.4 Å². The molecule has 0 radical (unpaired) electrons. The molecule has 0 bridgehead atoms. The molecule has 0 aliphatic heterocycles. The highest BCUT2D eigenvalue weighted by Crippen LogP contribution is 2.01. The predicted octanol–water partition coefficient (Wildman–Crippen LogP) is 0.653. The number of aliphatic hydroxyl groups excluding tert-OH is 1. The Hall–Kier alpha value is -0.610. The van der Waals surface area contributed by atoms with Crippen molar-refractivity contribution in [2.75, 3.05) is 19.7 Å². The van der Waals surface area contributed by atoms with Gasteiger partial charge in [-0.1, -0.05) is 6.92 Å². The maximum absolute atomic E-state index is 11.7. The number of amides is 1. The van der Waals surface area contributed by atoms with Crippen LogP contribution in [0.5, 0.6) is 0 Å². The molecule has 0 heterocycles. The number of nitrogens with one attached hydrogen (secondary N) is 2. The SMILES string of the molecule is CCNC(C)(C)C(=O)NCCCCCO. The maximum atomic E-state index is 11.7. The standard InChI is InChI=1S/C11H24N2O2/c1-4-13-11(2,3)10(15)12-8-6-5-7-9-14/h13-14H,4-9H2,1-3H3,(H,12,15). The smallest absolute Gasteiger partial charge is 0.239 e. The Kier molecular flexibility index (Phi) is 7.34. The second kappa shape index (κ2) is 7.65. The molecule has 0 aliphatic rings. The number of rotatable bonds is 8. The van der Waals surface area contributed by atoms with Crippen LogP contribution in [-0.2, 0) is 4.79 Å². The van der Waals surface area contributed by atoms with Gasteiger partial charge in [0, 0.05) is 13.2 Å². The van der Waals surface area contributed by atoms with E-state index in [4.69, 9.17) is 5.11 Å². The minimum absolute atomic E-state index is 0.0355. The third-order valence-corrected chi connectivity index (χ3v) is 2.31. The summed E-state index contributed by atoms with van der Waals surface area (Å²) in [7, 11) is 0. The number of hydrogen-bond acceptors (Lipinski definition) is 3. The minimum atomic E-state index is -0.494. The highest BCUT2D eigenvalue weighted by Gasteiger charge is 2.25. The van der Waals surface area contributed by atoms with Gasteiger partial charge in [-0.15, -0.1) is 0 Å². The lowest BCUT2D eigenvalue weighted by molar-refractivity contribution is -0.126. The number of hydrogen-bond donors (Lipinski definition) is 3. The first-order valence-electron chi connectivity index (χ1n) is 5.68. The van der Waals surface area contributed by atoms with Crippen molar-refractivity contribution in [3.63, 3.8) is 0 Å². The van der Waals surface area contributed by atoms with Gasteiger partial charge in [-0.3, -0.25) is 4.79 Å². The van der Waals surface area contributed by atoms with E-state index in [9.17, 15) is 4.79 Å². The summed E-state index contributed by atoms with van der Waals surface area (Å²) >= 11 is 0. The Bertz CT molecular complexity index is 181. The van der Waals surface area contributed by atoms with Crippen LogP contribution >= 0.6 is 0 Å². The van der Waals surface area contributed by atoms with E-state index in [1.165, 1.54) is 0 Å². The fraction of sp³-hybridized carbons (Fsp3) is 0.909. The van der Waals surface area contributed by atoms with Crippen molar-refractivity contribution in [3.05, 3.63) is 0 Å². The average Bonchev–Trinajstić information content (AvgIpc) is 2.17. The highest BCUT2D eigenvalue weighted by molar-refractivity contribution is 5.85. The quantitative estimate of drug-likeness (QED) is 0.522. The summed E-state index contributed by atoms with van der Waals surface area (Å²) in [4.78, 5) is 11.7. The fourth-order valence-corrected chi connectivity index (χ4v) is 1.36. The van der Waals surface area contributed by atoms with Crippen LogP contribution in [0.1, 0.15) is 40.0 Å². The summed E-state index contributed by atoms with van der Waals surface area (Å²) < 4.78 is 0. The van der Waals surface area contributed by atoms with Crippen LogP contribution in [0.2, 0.25) is 0 Å². The zero-order valence-electron chi connectivity index (χ0n) is 10.1. The Morgan fingerprint density at radius 2 is 1.93 bits per heavy atom. The van der Waals surface area contributed by atoms with E-state index >= 15 is 0 Å². The molecule has 0 spiro atoms. The number of unbranched alkanes of at least 4 members (excludes halogenated alkanes) is 2. The van der Waals surface area contributed by atoms with Crippen molar-refractivity contribution in [2.45, 2.75) is 45.6 Å². The van der Waals surface area contributed by atoms with Gasteiger partial charge >= 0.3 is 0 Å². The fourth-order valence-electron chi connectivity index (χ4n) is 1.36. The summed E-state index contributed by atoms with van der Waals surface area (Å²) in [5, 5.41) is 14.6. The van der Waals surface area contributed by atoms with Crippen molar-refractivity contribution in [1.29, 1.82) is 0 Å². The third-order valence-electron chi connectivity index (χ3n) is 2.31. The molecule has 0 rings (SSSR count). The highest BCUT2D eigenvalue weighted by atomic mass is 16.2. The number of aliphatic hydroxyl groups is 1. The Morgan fingerprint density at radius 1 is 1.27 bits per heavy atom. The van der Waals surface area contributed by atoms with Crippen molar-refractivity contribution < 1.29 is 9.90 Å². The Balaban J connectivity index is 3.64. The molecular formula is C11H24N2O2. The molecule has 1 amide bonds. The van der Waals surface area contributed by atoms with Crippen LogP contribution < -0.4 is 10.6 Å². The van der Waals surface area contributed by atoms with E-state index in [1.807, 2.05) is 20.8 Å². The summed E-state index contributed by atoms with van der Waals surface area (Å²) in [5.41, 5.74) is -0.494. The summed E-state index contributed by atoms with van der Waals surface area (Å²) in [6.07, 6.45) is 2.69. The van der Waals surface area contributed by atoms with Gasteiger partial charge in [0.05, 0.1) is 5.54 Å². The molecule has 0 aliphatic carbocycles. The summed E-state index contributed by atoms with van der Waals surface area (Å²) in [6.45, 7) is 7.44. The van der Waals surface area contributed by atoms with Gasteiger partial charge in [0.25, 0.3) is 0 Å². The van der Waals surface area contributed by atoms with E-state index in [1.54, 1.807) is 0 Å². The molecule has 0 unspecified atom stereocenters. The molecule has 15 heavy (non-hydrogen) atoms. The molecule has 0 saturated heterocycles. The molecule has 4 heteroatoms. The van der Waals surface area contributed by atoms with E-state index in [-0.39, 0.29) is 12.5 Å². The Morgan fingerprint density at radius 3 is 2.47 bits per heavy atom. The van der Waals surface area contributed by atoms with Gasteiger partial charge in [0.2, 0.25) is 5.91 Å². The molecule has 0 aromatic rings. The number of carbonyl (C=O) groups excluding carboxylic acids is 1. The lowest BCUT2D eigenvalue weighted by atomic mass is 10.0. The Labute approximate surface area is 92.4 Å². The predicted molar refractivity (Wildman–Crippen MR) is 61.7 cm³/mol. The lowest BCUT2D eigenvalue weighted by Gasteiger charge is -2.24. The van der Waals surface area contributed by atoms with E-state index in [0.717, 1.165) is 25.8 Å². The van der Waals surface area contributed by atoms with E-state index in [2.05, 4.69) is 10.6 Å². The summed E-state index contributed by atoms with van der Waals surface area (Å²) in [5.74, 6) is 0.0355. The molecule has 0 saturated carbocycles. The molecular weight excluding hydrogens is 192 g/mol. The van der Waals surface area contributed by atoms with Gasteiger partial charge in [-0.05, 0) is 39.7 Å². The molecule has 90 valence electrons. The van der Waals surface area contributed by atoms with Crippen LogP contribution in [-0.4, -0.2) is 36.2 Å². The van der Waals surface area contributed by atoms with Gasteiger partial charge in [0.1, 0.15) is 0 Å². The molecule has 3 N–H and O–H groups in total. The van der Waals surface area contributed by atoms with Crippen LogP contribution in [0.4, 0.5) is 0 Å². The van der Waals surface area contributed by atoms with E-state index in [0.29, 0.717) is 6.54 Å². The molecule has 0 fully saturated rings. The number of likely N-dealkylation sites (N-methyl/N-ethyl adjacent to an activating group) is 1. The monoisotopic (exact) mass is 216 g/mol. The van der Waals surface area contributed by atoms with Crippen LogP contribution in [0, 0.1) is 0 Å². The van der Waals surface area contributed by atoms with Crippen molar-refractivity contribution in [2.24, 2.45) is 0 Å². The average molecular weight is 216 g/mol. The zero-order chi connectivity index (χ0) is 11.7. The zero-order valence-corrected chi connectivity index (χ0v) is 10.1. The van der Waals surface area contributed by atoms with Crippen LogP contribution in [0.15, 0.2) is 0 Å². The van der Waals surface area contributed by atoms with Crippen molar-refractivity contribution >= 4 is 5.91 Å². The first-order chi connectivity index (χ1) is 7.04. The minimum Gasteiger partial charge on any atom is -0.396 e. The van der Waals surface area contributed by atoms with Gasteiger partial charge < -0.3 is 15.7 Å². The first-order valence-corrected chi connectivity index (χ1v) is 5.68. The lowest BCUT2D eigenvalue weighted by Crippen LogP contribution is -2.52. The normalized spacial score (nSPS) is 11.5. The molecule has 0 aromatic carbocycles.